The smallest absolute Gasteiger partial charge is 0.242 e. The molecule has 0 bridgehead atoms. The van der Waals surface area contributed by atoms with Crippen LogP contribution in [0.2, 0.25) is 0 Å². The lowest BCUT2D eigenvalue weighted by Crippen LogP contribution is -2.49. The Bertz CT molecular complexity index is 765. The van der Waals surface area contributed by atoms with Gasteiger partial charge in [-0.05, 0) is 43.5 Å². The predicted molar refractivity (Wildman–Crippen MR) is 119 cm³/mol. The molecule has 2 aromatic carbocycles. The molecule has 0 saturated heterocycles. The van der Waals surface area contributed by atoms with Crippen LogP contribution in [0.1, 0.15) is 25.0 Å². The minimum atomic E-state index is -0.493. The molecule has 0 radical (unpaired) electrons. The molecule has 0 fully saturated rings. The van der Waals surface area contributed by atoms with Crippen molar-refractivity contribution in [1.82, 2.24) is 10.2 Å². The molecular formula is C23H30N2O3S. The number of methoxy groups -OCH3 is 1. The average molecular weight is 415 g/mol. The number of amides is 2. The molecule has 0 aliphatic rings. The number of hydrogen-bond donors (Lipinski definition) is 1. The number of nitrogens with zero attached hydrogens (tertiary/aromatic N) is 1. The molecule has 0 aliphatic heterocycles. The number of rotatable bonds is 11. The summed E-state index contributed by atoms with van der Waals surface area (Å²) in [6.07, 6.45) is 0.722. The van der Waals surface area contributed by atoms with E-state index in [1.807, 2.05) is 61.5 Å². The molecule has 2 amide bonds. The summed E-state index contributed by atoms with van der Waals surface area (Å²) in [6.45, 7) is 4.74. The van der Waals surface area contributed by atoms with E-state index in [2.05, 4.69) is 5.32 Å². The van der Waals surface area contributed by atoms with Gasteiger partial charge >= 0.3 is 0 Å². The highest BCUT2D eigenvalue weighted by Gasteiger charge is 2.25. The van der Waals surface area contributed by atoms with Crippen molar-refractivity contribution in [3.8, 4) is 5.75 Å². The van der Waals surface area contributed by atoms with Crippen LogP contribution in [0.15, 0.2) is 54.6 Å². The van der Waals surface area contributed by atoms with Gasteiger partial charge in [0.05, 0.1) is 12.9 Å². The minimum absolute atomic E-state index is 0.0156. The molecule has 156 valence electrons. The maximum atomic E-state index is 12.9. The van der Waals surface area contributed by atoms with Crippen LogP contribution in [0, 0.1) is 0 Å². The molecule has 0 heterocycles. The van der Waals surface area contributed by atoms with Crippen molar-refractivity contribution in [2.45, 2.75) is 32.1 Å². The summed E-state index contributed by atoms with van der Waals surface area (Å²) < 4.78 is 5.17. The van der Waals surface area contributed by atoms with E-state index in [0.717, 1.165) is 29.1 Å². The van der Waals surface area contributed by atoms with Gasteiger partial charge in [0.25, 0.3) is 0 Å². The van der Waals surface area contributed by atoms with E-state index in [9.17, 15) is 9.59 Å². The Labute approximate surface area is 177 Å². The third kappa shape index (κ3) is 7.46. The van der Waals surface area contributed by atoms with Gasteiger partial charge in [-0.2, -0.15) is 0 Å². The summed E-state index contributed by atoms with van der Waals surface area (Å²) in [5.41, 5.74) is 2.29. The zero-order valence-electron chi connectivity index (χ0n) is 17.4. The number of ether oxygens (including phenoxy) is 1. The quantitative estimate of drug-likeness (QED) is 0.611. The second-order valence-corrected chi connectivity index (χ2v) is 7.72. The Morgan fingerprint density at radius 2 is 1.76 bits per heavy atom. The Hall–Kier alpha value is -2.47. The number of benzene rings is 2. The molecule has 5 nitrogen and oxygen atoms in total. The molecule has 2 aromatic rings. The molecule has 0 saturated carbocycles. The van der Waals surface area contributed by atoms with E-state index in [1.54, 1.807) is 30.7 Å². The van der Waals surface area contributed by atoms with Crippen LogP contribution < -0.4 is 10.1 Å². The third-order valence-corrected chi connectivity index (χ3v) is 5.64. The number of thioether (sulfide) groups is 1. The van der Waals surface area contributed by atoms with Crippen molar-refractivity contribution in [2.24, 2.45) is 0 Å². The van der Waals surface area contributed by atoms with Gasteiger partial charge in [0.1, 0.15) is 11.8 Å². The summed E-state index contributed by atoms with van der Waals surface area (Å²) in [5, 5.41) is 2.82. The van der Waals surface area contributed by atoms with Crippen molar-refractivity contribution in [1.29, 1.82) is 0 Å². The third-order valence-electron chi connectivity index (χ3n) is 4.66. The molecular weight excluding hydrogens is 384 g/mol. The van der Waals surface area contributed by atoms with Crippen LogP contribution in [0.3, 0.4) is 0 Å². The monoisotopic (exact) mass is 414 g/mol. The Balaban J connectivity index is 1.95. The zero-order chi connectivity index (χ0) is 21.1. The topological polar surface area (TPSA) is 58.6 Å². The van der Waals surface area contributed by atoms with Crippen molar-refractivity contribution < 1.29 is 14.3 Å². The molecule has 2 rings (SSSR count). The van der Waals surface area contributed by atoms with E-state index in [0.29, 0.717) is 18.8 Å². The Kier molecular flexibility index (Phi) is 9.57. The summed E-state index contributed by atoms with van der Waals surface area (Å²) in [5.74, 6) is 1.76. The summed E-state index contributed by atoms with van der Waals surface area (Å²) >= 11 is 1.56. The van der Waals surface area contributed by atoms with Gasteiger partial charge in [-0.1, -0.05) is 42.5 Å². The van der Waals surface area contributed by atoms with Gasteiger partial charge in [-0.25, -0.2) is 0 Å². The van der Waals surface area contributed by atoms with Crippen molar-refractivity contribution in [3.63, 3.8) is 0 Å². The number of hydrogen-bond acceptors (Lipinski definition) is 4. The van der Waals surface area contributed by atoms with Crippen LogP contribution in [-0.2, 0) is 21.8 Å². The van der Waals surface area contributed by atoms with Gasteiger partial charge in [-0.3, -0.25) is 9.59 Å². The van der Waals surface area contributed by atoms with E-state index < -0.39 is 6.04 Å². The number of carbonyl (C=O) groups is 2. The predicted octanol–water partition coefficient (Wildman–Crippen LogP) is 3.52. The van der Waals surface area contributed by atoms with E-state index in [1.165, 1.54) is 0 Å². The van der Waals surface area contributed by atoms with Crippen LogP contribution in [0.5, 0.6) is 5.75 Å². The molecule has 0 spiro atoms. The van der Waals surface area contributed by atoms with E-state index >= 15 is 0 Å². The van der Waals surface area contributed by atoms with Gasteiger partial charge in [-0.15, -0.1) is 11.8 Å². The lowest BCUT2D eigenvalue weighted by atomic mass is 10.1. The largest absolute Gasteiger partial charge is 0.497 e. The minimum Gasteiger partial charge on any atom is -0.497 e. The van der Waals surface area contributed by atoms with Gasteiger partial charge in [0.2, 0.25) is 11.8 Å². The highest BCUT2D eigenvalue weighted by atomic mass is 32.2. The first-order valence-electron chi connectivity index (χ1n) is 9.87. The first-order chi connectivity index (χ1) is 14.0. The molecule has 0 aliphatic carbocycles. The average Bonchev–Trinajstić information content (AvgIpc) is 2.75. The lowest BCUT2D eigenvalue weighted by Gasteiger charge is -2.28. The highest BCUT2D eigenvalue weighted by Crippen LogP contribution is 2.17. The number of likely N-dealkylation sites (N-methyl/N-ethyl adjacent to an activating group) is 1. The zero-order valence-corrected chi connectivity index (χ0v) is 18.2. The van der Waals surface area contributed by atoms with Crippen molar-refractivity contribution in [3.05, 3.63) is 65.7 Å². The lowest BCUT2D eigenvalue weighted by molar-refractivity contribution is -0.137. The van der Waals surface area contributed by atoms with Gasteiger partial charge in [0, 0.05) is 18.8 Å². The summed E-state index contributed by atoms with van der Waals surface area (Å²) in [6, 6.07) is 17.4. The van der Waals surface area contributed by atoms with Gasteiger partial charge in [0.15, 0.2) is 0 Å². The molecule has 1 atom stereocenters. The molecule has 1 N–H and O–H groups in total. The first kappa shape index (κ1) is 22.8. The van der Waals surface area contributed by atoms with Crippen LogP contribution in [0.25, 0.3) is 0 Å². The number of nitrogens with one attached hydrogen (secondary N) is 1. The van der Waals surface area contributed by atoms with Crippen LogP contribution in [0.4, 0.5) is 0 Å². The second-order valence-electron chi connectivity index (χ2n) is 6.73. The van der Waals surface area contributed by atoms with Crippen molar-refractivity contribution >= 4 is 23.6 Å². The summed E-state index contributed by atoms with van der Waals surface area (Å²) in [7, 11) is 1.64. The first-order valence-corrected chi connectivity index (χ1v) is 11.0. The Morgan fingerprint density at radius 3 is 2.38 bits per heavy atom. The molecule has 29 heavy (non-hydrogen) atoms. The fraction of sp³-hybridized carbons (Fsp3) is 0.391. The highest BCUT2D eigenvalue weighted by molar-refractivity contribution is 7.99. The fourth-order valence-electron chi connectivity index (χ4n) is 2.95. The summed E-state index contributed by atoms with van der Waals surface area (Å²) in [4.78, 5) is 26.9. The molecule has 0 unspecified atom stereocenters. The molecule has 0 aromatic heterocycles. The van der Waals surface area contributed by atoms with Crippen LogP contribution >= 0.6 is 11.8 Å². The maximum Gasteiger partial charge on any atom is 0.242 e. The SMILES string of the molecule is CCNC(=O)[C@@H](C)N(CCc1ccccc1)C(=O)CSCc1ccc(OC)cc1. The van der Waals surface area contributed by atoms with E-state index in [-0.39, 0.29) is 11.8 Å². The maximum absolute atomic E-state index is 12.9. The van der Waals surface area contributed by atoms with Gasteiger partial charge < -0.3 is 15.0 Å². The van der Waals surface area contributed by atoms with Crippen LogP contribution in [-0.4, -0.2) is 48.7 Å². The number of carbonyl (C=O) groups excluding carboxylic acids is 2. The molecule has 6 heteroatoms. The second kappa shape index (κ2) is 12.2. The normalized spacial score (nSPS) is 11.6. The van der Waals surface area contributed by atoms with E-state index in [4.69, 9.17) is 4.74 Å². The van der Waals surface area contributed by atoms with Crippen molar-refractivity contribution in [2.75, 3.05) is 26.0 Å². The Morgan fingerprint density at radius 1 is 1.07 bits per heavy atom. The standard InChI is InChI=1S/C23H30N2O3S/c1-4-24-23(27)18(2)25(15-14-19-8-6-5-7-9-19)22(26)17-29-16-20-10-12-21(28-3)13-11-20/h5-13,18H,4,14-17H2,1-3H3,(H,24,27)/t18-/m1/s1. The fourth-order valence-corrected chi connectivity index (χ4v) is 3.82.